The molecule has 0 saturated heterocycles. The Labute approximate surface area is 138 Å². The third kappa shape index (κ3) is 7.74. The quantitative estimate of drug-likeness (QED) is 0.437. The zero-order valence-electron chi connectivity index (χ0n) is 13.9. The molecule has 1 aromatic heterocycles. The van der Waals surface area contributed by atoms with Crippen molar-refractivity contribution in [2.45, 2.75) is 77.7 Å². The third-order valence-electron chi connectivity index (χ3n) is 3.58. The molecule has 0 aliphatic heterocycles. The number of carbonyl (C=O) groups excluding carboxylic acids is 1. The van der Waals surface area contributed by atoms with Crippen LogP contribution in [0.5, 0.6) is 0 Å². The fourth-order valence-corrected chi connectivity index (χ4v) is 2.38. The van der Waals surface area contributed by atoms with Gasteiger partial charge in [0.1, 0.15) is 10.8 Å². The van der Waals surface area contributed by atoms with Gasteiger partial charge in [-0.3, -0.25) is 0 Å². The predicted octanol–water partition coefficient (Wildman–Crippen LogP) is 5.21. The first-order valence-corrected chi connectivity index (χ1v) is 8.53. The van der Waals surface area contributed by atoms with Crippen molar-refractivity contribution >= 4 is 17.6 Å². The Morgan fingerprint density at radius 1 is 1.09 bits per heavy atom. The van der Waals surface area contributed by atoms with Gasteiger partial charge in [-0.1, -0.05) is 57.0 Å². The summed E-state index contributed by atoms with van der Waals surface area (Å²) in [5.74, 6) is -0.447. The molecule has 0 fully saturated rings. The zero-order valence-corrected chi connectivity index (χ0v) is 14.7. The molecule has 1 aromatic rings. The Kier molecular flexibility index (Phi) is 8.39. The summed E-state index contributed by atoms with van der Waals surface area (Å²) in [5, 5.41) is 0.263. The van der Waals surface area contributed by atoms with Gasteiger partial charge in [-0.15, -0.1) is 0 Å². The van der Waals surface area contributed by atoms with Crippen LogP contribution in [0, 0.1) is 0 Å². The summed E-state index contributed by atoms with van der Waals surface area (Å²) in [5.41, 5.74) is -0.293. The van der Waals surface area contributed by atoms with E-state index in [2.05, 4.69) is 16.9 Å². The first-order chi connectivity index (χ1) is 10.4. The molecule has 1 rings (SSSR count). The van der Waals surface area contributed by atoms with E-state index in [9.17, 15) is 4.79 Å². The molecule has 0 spiro atoms. The molecule has 22 heavy (non-hydrogen) atoms. The second-order valence-electron chi connectivity index (χ2n) is 6.24. The third-order valence-corrected chi connectivity index (χ3v) is 3.78. The molecule has 0 unspecified atom stereocenters. The fraction of sp³-hybridized carbons (Fsp3) is 0.706. The minimum absolute atomic E-state index is 0.192. The minimum atomic E-state index is -0.484. The summed E-state index contributed by atoms with van der Waals surface area (Å²) in [4.78, 5) is 19.8. The van der Waals surface area contributed by atoms with Crippen LogP contribution in [0.15, 0.2) is 12.4 Å². The van der Waals surface area contributed by atoms with E-state index in [1.165, 1.54) is 50.9 Å². The summed E-state index contributed by atoms with van der Waals surface area (Å²) in [6.45, 7) is 6.10. The number of nitrogens with zero attached hydrogens (tertiary/aromatic N) is 2. The van der Waals surface area contributed by atoms with Gasteiger partial charge in [0.25, 0.3) is 0 Å². The lowest BCUT2D eigenvalue weighted by Gasteiger charge is -2.24. The maximum atomic E-state index is 12.0. The van der Waals surface area contributed by atoms with Crippen LogP contribution in [0.4, 0.5) is 0 Å². The van der Waals surface area contributed by atoms with Gasteiger partial charge in [-0.2, -0.15) is 0 Å². The van der Waals surface area contributed by atoms with E-state index >= 15 is 0 Å². The maximum absolute atomic E-state index is 12.0. The van der Waals surface area contributed by atoms with E-state index in [0.717, 1.165) is 12.8 Å². The Morgan fingerprint density at radius 3 is 2.32 bits per heavy atom. The standard InChI is InChI=1S/C17H27ClN2O2/c1-4-5-6-7-8-9-10-11-17(2,3)22-16(21)14-12-20-15(18)13-19-14/h12-13H,4-11H2,1-3H3. The van der Waals surface area contributed by atoms with Crippen molar-refractivity contribution in [1.82, 2.24) is 9.97 Å². The molecule has 124 valence electrons. The molecule has 0 N–H and O–H groups in total. The normalized spacial score (nSPS) is 11.5. The molecular weight excluding hydrogens is 300 g/mol. The van der Waals surface area contributed by atoms with Crippen molar-refractivity contribution in [2.24, 2.45) is 0 Å². The lowest BCUT2D eigenvalue weighted by Crippen LogP contribution is -2.28. The number of aromatic nitrogens is 2. The minimum Gasteiger partial charge on any atom is -0.455 e. The van der Waals surface area contributed by atoms with Gasteiger partial charge in [0.05, 0.1) is 12.4 Å². The molecular formula is C17H27ClN2O2. The Hall–Kier alpha value is -1.16. The highest BCUT2D eigenvalue weighted by molar-refractivity contribution is 6.29. The summed E-state index contributed by atoms with van der Waals surface area (Å²) >= 11 is 5.65. The molecule has 0 aromatic carbocycles. The molecule has 0 aliphatic carbocycles. The van der Waals surface area contributed by atoms with E-state index < -0.39 is 11.6 Å². The van der Waals surface area contributed by atoms with Crippen LogP contribution in [-0.2, 0) is 4.74 Å². The molecule has 5 heteroatoms. The van der Waals surface area contributed by atoms with Gasteiger partial charge in [0, 0.05) is 0 Å². The smallest absolute Gasteiger partial charge is 0.359 e. The number of carbonyl (C=O) groups is 1. The highest BCUT2D eigenvalue weighted by Gasteiger charge is 2.24. The summed E-state index contributed by atoms with van der Waals surface area (Å²) in [6.07, 6.45) is 12.3. The van der Waals surface area contributed by atoms with Crippen LogP contribution in [0.2, 0.25) is 5.15 Å². The van der Waals surface area contributed by atoms with Crippen molar-refractivity contribution in [3.8, 4) is 0 Å². The number of hydrogen-bond acceptors (Lipinski definition) is 4. The second kappa shape index (κ2) is 9.78. The molecule has 0 saturated carbocycles. The van der Waals surface area contributed by atoms with Crippen LogP contribution in [0.3, 0.4) is 0 Å². The maximum Gasteiger partial charge on any atom is 0.359 e. The van der Waals surface area contributed by atoms with Gasteiger partial charge < -0.3 is 4.74 Å². The number of rotatable bonds is 10. The highest BCUT2D eigenvalue weighted by atomic mass is 35.5. The summed E-state index contributed by atoms with van der Waals surface area (Å²) in [7, 11) is 0. The van der Waals surface area contributed by atoms with E-state index in [1.807, 2.05) is 13.8 Å². The van der Waals surface area contributed by atoms with Crippen molar-refractivity contribution in [1.29, 1.82) is 0 Å². The number of esters is 1. The molecule has 4 nitrogen and oxygen atoms in total. The van der Waals surface area contributed by atoms with Gasteiger partial charge >= 0.3 is 5.97 Å². The molecule has 0 amide bonds. The van der Waals surface area contributed by atoms with E-state index in [0.29, 0.717) is 0 Å². The predicted molar refractivity (Wildman–Crippen MR) is 89.1 cm³/mol. The number of ether oxygens (including phenoxy) is 1. The second-order valence-corrected chi connectivity index (χ2v) is 6.63. The molecule has 1 heterocycles. The van der Waals surface area contributed by atoms with Crippen molar-refractivity contribution in [3.63, 3.8) is 0 Å². The molecule has 0 atom stereocenters. The van der Waals surface area contributed by atoms with Crippen molar-refractivity contribution < 1.29 is 9.53 Å². The first kappa shape index (κ1) is 18.9. The summed E-state index contributed by atoms with van der Waals surface area (Å²) < 4.78 is 5.52. The first-order valence-electron chi connectivity index (χ1n) is 8.15. The Balaban J connectivity index is 2.27. The summed E-state index contributed by atoms with van der Waals surface area (Å²) in [6, 6.07) is 0. The Bertz CT molecular complexity index is 446. The van der Waals surface area contributed by atoms with Crippen LogP contribution in [0.25, 0.3) is 0 Å². The molecule has 0 bridgehead atoms. The van der Waals surface area contributed by atoms with Crippen LogP contribution in [-0.4, -0.2) is 21.5 Å². The largest absolute Gasteiger partial charge is 0.455 e. The van der Waals surface area contributed by atoms with E-state index in [-0.39, 0.29) is 10.8 Å². The van der Waals surface area contributed by atoms with Crippen molar-refractivity contribution in [3.05, 3.63) is 23.2 Å². The van der Waals surface area contributed by atoms with Crippen LogP contribution < -0.4 is 0 Å². The zero-order chi connectivity index (χ0) is 16.4. The van der Waals surface area contributed by atoms with Crippen molar-refractivity contribution in [2.75, 3.05) is 0 Å². The van der Waals surface area contributed by atoms with Gasteiger partial charge in [0.2, 0.25) is 0 Å². The number of unbranched alkanes of at least 4 members (excludes halogenated alkanes) is 6. The van der Waals surface area contributed by atoms with E-state index in [1.54, 1.807) is 0 Å². The van der Waals surface area contributed by atoms with Crippen LogP contribution in [0.1, 0.15) is 82.6 Å². The topological polar surface area (TPSA) is 52.1 Å². The van der Waals surface area contributed by atoms with Crippen LogP contribution >= 0.6 is 11.6 Å². The number of halogens is 1. The van der Waals surface area contributed by atoms with Gasteiger partial charge in [-0.05, 0) is 26.7 Å². The van der Waals surface area contributed by atoms with E-state index in [4.69, 9.17) is 16.3 Å². The van der Waals surface area contributed by atoms with Gasteiger partial charge in [-0.25, -0.2) is 14.8 Å². The SMILES string of the molecule is CCCCCCCCCC(C)(C)OC(=O)c1cnc(Cl)cn1. The van der Waals surface area contributed by atoms with Gasteiger partial charge in [0.15, 0.2) is 5.69 Å². The average molecular weight is 327 g/mol. The lowest BCUT2D eigenvalue weighted by atomic mass is 9.99. The molecule has 0 radical (unpaired) electrons. The monoisotopic (exact) mass is 326 g/mol. The Morgan fingerprint density at radius 2 is 1.73 bits per heavy atom. The fourth-order valence-electron chi connectivity index (χ4n) is 2.28. The average Bonchev–Trinajstić information content (AvgIpc) is 2.46. The lowest BCUT2D eigenvalue weighted by molar-refractivity contribution is -0.00617. The highest BCUT2D eigenvalue weighted by Crippen LogP contribution is 2.21. The molecule has 0 aliphatic rings. The number of hydrogen-bond donors (Lipinski definition) is 0.